The predicted molar refractivity (Wildman–Crippen MR) is 165 cm³/mol. The van der Waals surface area contributed by atoms with Gasteiger partial charge in [-0.05, 0) is 125 Å². The number of nitrogens with zero attached hydrogens (tertiary/aromatic N) is 3. The minimum Gasteiger partial charge on any atom is -0.300 e. The van der Waals surface area contributed by atoms with Gasteiger partial charge in [0.05, 0.1) is 10.6 Å². The van der Waals surface area contributed by atoms with Crippen molar-refractivity contribution in [3.8, 4) is 0 Å². The van der Waals surface area contributed by atoms with E-state index in [1.807, 2.05) is 24.3 Å². The lowest BCUT2D eigenvalue weighted by Gasteiger charge is -2.47. The number of hydrogen-bond donors (Lipinski definition) is 0. The predicted octanol–water partition coefficient (Wildman–Crippen LogP) is 7.47. The fraction of sp³-hybridized carbons (Fsp3) is 0.531. The van der Waals surface area contributed by atoms with Gasteiger partial charge in [0.1, 0.15) is 4.75 Å². The van der Waals surface area contributed by atoms with Crippen LogP contribution < -0.4 is 0 Å². The Kier molecular flexibility index (Phi) is 7.73. The molecule has 2 aliphatic carbocycles. The van der Waals surface area contributed by atoms with Crippen LogP contribution in [0, 0.1) is 0 Å². The highest BCUT2D eigenvalue weighted by molar-refractivity contribution is 9.10. The zero-order chi connectivity index (χ0) is 28.1. The Balaban J connectivity index is 1.22. The molecule has 2 aromatic carbocycles. The maximum atomic E-state index is 14.3. The van der Waals surface area contributed by atoms with Crippen molar-refractivity contribution in [3.63, 3.8) is 0 Å². The molecule has 2 fully saturated rings. The molecule has 6 rings (SSSR count). The van der Waals surface area contributed by atoms with Crippen molar-refractivity contribution in [1.82, 2.24) is 14.7 Å². The normalized spacial score (nSPS) is 24.9. The molecule has 1 saturated carbocycles. The van der Waals surface area contributed by atoms with Crippen LogP contribution in [0.3, 0.4) is 0 Å². The molecule has 0 atom stereocenters. The summed E-state index contributed by atoms with van der Waals surface area (Å²) >= 11 is 9.64. The van der Waals surface area contributed by atoms with E-state index in [2.05, 4.69) is 39.4 Å². The van der Waals surface area contributed by atoms with E-state index in [1.54, 1.807) is 24.3 Å². The highest BCUT2D eigenvalue weighted by Crippen LogP contribution is 2.51. The molecular weight excluding hydrogens is 606 g/mol. The molecule has 40 heavy (non-hydrogen) atoms. The highest BCUT2D eigenvalue weighted by atomic mass is 79.9. The van der Waals surface area contributed by atoms with E-state index in [0.29, 0.717) is 28.8 Å². The Bertz CT molecular complexity index is 1470. The van der Waals surface area contributed by atoms with E-state index in [4.69, 9.17) is 16.7 Å². The zero-order valence-corrected chi connectivity index (χ0v) is 26.7. The zero-order valence-electron chi connectivity index (χ0n) is 23.5. The fourth-order valence-corrected chi connectivity index (χ4v) is 10.5. The van der Waals surface area contributed by atoms with Crippen LogP contribution in [0.25, 0.3) is 0 Å². The smallest absolute Gasteiger partial charge is 0.188 e. The number of sulfone groups is 1. The Morgan fingerprint density at radius 1 is 0.950 bits per heavy atom. The van der Waals surface area contributed by atoms with Crippen LogP contribution in [-0.2, 0) is 39.4 Å². The van der Waals surface area contributed by atoms with Crippen LogP contribution >= 0.6 is 27.5 Å². The summed E-state index contributed by atoms with van der Waals surface area (Å²) in [4.78, 5) is 3.02. The van der Waals surface area contributed by atoms with Crippen LogP contribution in [0.15, 0.2) is 57.9 Å². The van der Waals surface area contributed by atoms with Crippen molar-refractivity contribution in [3.05, 3.63) is 80.5 Å². The molecule has 5 nitrogen and oxygen atoms in total. The average molecular weight is 645 g/mol. The van der Waals surface area contributed by atoms with Crippen LogP contribution in [0.5, 0.6) is 0 Å². The standard InChI is InChI=1S/C32H39BrClN3O2S/c1-3-29-28-15-16-31(30(28)37(4-2)35-29)19-21-36(22-20-31)26-13-17-32(18-14-26,23-5-7-24(33)8-6-23)40(38,39)27-11-9-25(34)10-12-27/h5-12,26H,3-4,13-22H2,1-2H3. The Hall–Kier alpha value is -1.67. The molecule has 0 radical (unpaired) electrons. The van der Waals surface area contributed by atoms with Crippen molar-refractivity contribution >= 4 is 37.4 Å². The minimum atomic E-state index is -3.62. The second-order valence-electron chi connectivity index (χ2n) is 11.9. The first kappa shape index (κ1) is 28.4. The number of piperidine rings is 1. The van der Waals surface area contributed by atoms with Crippen molar-refractivity contribution in [2.24, 2.45) is 0 Å². The van der Waals surface area contributed by atoms with Gasteiger partial charge < -0.3 is 4.90 Å². The number of aryl methyl sites for hydroxylation is 2. The van der Waals surface area contributed by atoms with Gasteiger partial charge in [0.15, 0.2) is 9.84 Å². The summed E-state index contributed by atoms with van der Waals surface area (Å²) < 4.78 is 30.9. The molecular formula is C32H39BrClN3O2S. The lowest BCUT2D eigenvalue weighted by atomic mass is 9.74. The molecule has 214 valence electrons. The number of likely N-dealkylation sites (tertiary alicyclic amines) is 1. The van der Waals surface area contributed by atoms with Crippen LogP contribution in [0.2, 0.25) is 5.02 Å². The lowest BCUT2D eigenvalue weighted by Crippen LogP contribution is -2.50. The molecule has 1 aliphatic heterocycles. The molecule has 2 heterocycles. The van der Waals surface area contributed by atoms with Crippen molar-refractivity contribution in [1.29, 1.82) is 0 Å². The van der Waals surface area contributed by atoms with Gasteiger partial charge in [0, 0.05) is 33.2 Å². The molecule has 0 amide bonds. The van der Waals surface area contributed by atoms with Crippen LogP contribution in [-0.4, -0.2) is 42.2 Å². The van der Waals surface area contributed by atoms with Gasteiger partial charge in [0.2, 0.25) is 0 Å². The average Bonchev–Trinajstić information content (AvgIpc) is 3.52. The molecule has 0 N–H and O–H groups in total. The molecule has 8 heteroatoms. The van der Waals surface area contributed by atoms with Crippen LogP contribution in [0.4, 0.5) is 0 Å². The molecule has 1 aromatic heterocycles. The van der Waals surface area contributed by atoms with Gasteiger partial charge in [-0.2, -0.15) is 5.10 Å². The van der Waals surface area contributed by atoms with Gasteiger partial charge in [-0.3, -0.25) is 4.68 Å². The second-order valence-corrected chi connectivity index (χ2v) is 15.6. The SMILES string of the molecule is CCc1nn(CC)c2c1CCC21CCN(C2CCC(c3ccc(Br)cc3)(S(=O)(=O)c3ccc(Cl)cc3)CC2)CC1. The van der Waals surface area contributed by atoms with Gasteiger partial charge in [-0.1, -0.05) is 46.6 Å². The quantitative estimate of drug-likeness (QED) is 0.279. The summed E-state index contributed by atoms with van der Waals surface area (Å²) in [7, 11) is -3.62. The molecule has 1 saturated heterocycles. The van der Waals surface area contributed by atoms with Crippen LogP contribution in [0.1, 0.15) is 81.3 Å². The third-order valence-corrected chi connectivity index (χ3v) is 13.5. The monoisotopic (exact) mass is 643 g/mol. The Labute approximate surface area is 252 Å². The Morgan fingerprint density at radius 2 is 1.60 bits per heavy atom. The molecule has 1 spiro atoms. The number of halogens is 2. The highest BCUT2D eigenvalue weighted by Gasteiger charge is 2.51. The first-order chi connectivity index (χ1) is 19.2. The number of rotatable bonds is 6. The van der Waals surface area contributed by atoms with Crippen molar-refractivity contribution in [2.75, 3.05) is 13.1 Å². The van der Waals surface area contributed by atoms with Gasteiger partial charge in [-0.25, -0.2) is 8.42 Å². The molecule has 3 aliphatic rings. The van der Waals surface area contributed by atoms with E-state index in [0.717, 1.165) is 48.9 Å². The summed E-state index contributed by atoms with van der Waals surface area (Å²) in [5.41, 5.74) is 5.51. The van der Waals surface area contributed by atoms with Crippen molar-refractivity contribution in [2.45, 2.75) is 99.3 Å². The van der Waals surface area contributed by atoms with Gasteiger partial charge >= 0.3 is 0 Å². The molecule has 0 unspecified atom stereocenters. The van der Waals surface area contributed by atoms with Gasteiger partial charge in [-0.15, -0.1) is 0 Å². The second kappa shape index (κ2) is 10.9. The molecule has 3 aromatic rings. The van der Waals surface area contributed by atoms with E-state index in [1.165, 1.54) is 42.6 Å². The number of fused-ring (bicyclic) bond motifs is 2. The minimum absolute atomic E-state index is 0.260. The van der Waals surface area contributed by atoms with Gasteiger partial charge in [0.25, 0.3) is 0 Å². The number of aromatic nitrogens is 2. The number of benzene rings is 2. The first-order valence-corrected chi connectivity index (χ1v) is 17.5. The summed E-state index contributed by atoms with van der Waals surface area (Å²) in [6, 6.07) is 15.0. The summed E-state index contributed by atoms with van der Waals surface area (Å²) in [6.07, 6.45) is 8.79. The maximum absolute atomic E-state index is 14.3. The van der Waals surface area contributed by atoms with Crippen molar-refractivity contribution < 1.29 is 8.42 Å². The lowest BCUT2D eigenvalue weighted by molar-refractivity contribution is 0.0823. The van der Waals surface area contributed by atoms with E-state index in [9.17, 15) is 8.42 Å². The molecule has 0 bridgehead atoms. The maximum Gasteiger partial charge on any atom is 0.188 e. The third kappa shape index (κ3) is 4.60. The summed E-state index contributed by atoms with van der Waals surface area (Å²) in [5.74, 6) is 0. The third-order valence-electron chi connectivity index (χ3n) is 10.2. The summed E-state index contributed by atoms with van der Waals surface area (Å²) in [5, 5.41) is 5.51. The number of hydrogen-bond acceptors (Lipinski definition) is 4. The summed E-state index contributed by atoms with van der Waals surface area (Å²) in [6.45, 7) is 7.54. The Morgan fingerprint density at radius 3 is 2.20 bits per heavy atom. The first-order valence-electron chi connectivity index (χ1n) is 14.8. The van der Waals surface area contributed by atoms with E-state index < -0.39 is 14.6 Å². The van der Waals surface area contributed by atoms with E-state index in [-0.39, 0.29) is 5.41 Å². The van der Waals surface area contributed by atoms with E-state index >= 15 is 0 Å². The fourth-order valence-electron chi connectivity index (χ4n) is 7.94. The topological polar surface area (TPSA) is 55.2 Å². The largest absolute Gasteiger partial charge is 0.300 e.